The van der Waals surface area contributed by atoms with Crippen LogP contribution in [0.25, 0.3) is 0 Å². The van der Waals surface area contributed by atoms with Crippen LogP contribution >= 0.6 is 0 Å². The zero-order valence-electron chi connectivity index (χ0n) is 14.1. The number of anilines is 1. The number of amides is 1. The van der Waals surface area contributed by atoms with Gasteiger partial charge in [0, 0.05) is 18.7 Å². The standard InChI is InChI=1S/C21H21N3O/c25-21(14-18-11-10-17-8-4-5-9-19(17)18)22-20-12-13-24(23-20)15-16-6-2-1-3-7-16/h1-9,12-13,18H,10-11,14-15H2,(H,22,23,25). The van der Waals surface area contributed by atoms with Crippen molar-refractivity contribution in [1.82, 2.24) is 9.78 Å². The average molecular weight is 331 g/mol. The molecule has 1 atom stereocenters. The molecule has 1 N–H and O–H groups in total. The van der Waals surface area contributed by atoms with Gasteiger partial charge in [-0.3, -0.25) is 9.48 Å². The second kappa shape index (κ2) is 6.93. The van der Waals surface area contributed by atoms with Crippen LogP contribution in [0.15, 0.2) is 66.9 Å². The summed E-state index contributed by atoms with van der Waals surface area (Å²) in [5.41, 5.74) is 3.89. The first-order valence-corrected chi connectivity index (χ1v) is 8.73. The Morgan fingerprint density at radius 2 is 1.88 bits per heavy atom. The van der Waals surface area contributed by atoms with E-state index in [0.717, 1.165) is 12.8 Å². The molecule has 126 valence electrons. The zero-order valence-corrected chi connectivity index (χ0v) is 14.1. The van der Waals surface area contributed by atoms with E-state index in [1.165, 1.54) is 16.7 Å². The lowest BCUT2D eigenvalue weighted by atomic mass is 9.97. The van der Waals surface area contributed by atoms with Crippen LogP contribution in [0.2, 0.25) is 0 Å². The highest BCUT2D eigenvalue weighted by Crippen LogP contribution is 2.35. The predicted octanol–water partition coefficient (Wildman–Crippen LogP) is 3.99. The first-order chi connectivity index (χ1) is 12.3. The van der Waals surface area contributed by atoms with E-state index in [1.54, 1.807) is 0 Å². The summed E-state index contributed by atoms with van der Waals surface area (Å²) >= 11 is 0. The number of rotatable bonds is 5. The van der Waals surface area contributed by atoms with Gasteiger partial charge in [0.15, 0.2) is 5.82 Å². The van der Waals surface area contributed by atoms with Crippen molar-refractivity contribution in [3.05, 3.63) is 83.6 Å². The number of carbonyl (C=O) groups is 1. The molecule has 25 heavy (non-hydrogen) atoms. The predicted molar refractivity (Wildman–Crippen MR) is 98.5 cm³/mol. The number of benzene rings is 2. The third-order valence-corrected chi connectivity index (χ3v) is 4.78. The second-order valence-electron chi connectivity index (χ2n) is 6.57. The Balaban J connectivity index is 1.36. The van der Waals surface area contributed by atoms with E-state index in [9.17, 15) is 4.79 Å². The van der Waals surface area contributed by atoms with E-state index in [0.29, 0.717) is 24.7 Å². The minimum Gasteiger partial charge on any atom is -0.309 e. The highest BCUT2D eigenvalue weighted by atomic mass is 16.1. The summed E-state index contributed by atoms with van der Waals surface area (Å²) in [6, 6.07) is 20.5. The molecule has 0 bridgehead atoms. The number of hydrogen-bond donors (Lipinski definition) is 1. The summed E-state index contributed by atoms with van der Waals surface area (Å²) in [6.07, 6.45) is 4.53. The molecule has 4 rings (SSSR count). The average Bonchev–Trinajstić information content (AvgIpc) is 3.23. The molecule has 0 saturated heterocycles. The minimum atomic E-state index is 0.0339. The number of carbonyl (C=O) groups excluding carboxylic acids is 1. The van der Waals surface area contributed by atoms with Crippen LogP contribution in [0.3, 0.4) is 0 Å². The molecule has 1 aliphatic carbocycles. The van der Waals surface area contributed by atoms with Crippen LogP contribution in [-0.4, -0.2) is 15.7 Å². The fourth-order valence-electron chi connectivity index (χ4n) is 3.56. The monoisotopic (exact) mass is 331 g/mol. The topological polar surface area (TPSA) is 46.9 Å². The largest absolute Gasteiger partial charge is 0.309 e. The van der Waals surface area contributed by atoms with Gasteiger partial charge >= 0.3 is 0 Å². The number of aryl methyl sites for hydroxylation is 1. The molecular formula is C21H21N3O. The molecule has 1 aromatic heterocycles. The van der Waals surface area contributed by atoms with Gasteiger partial charge in [-0.2, -0.15) is 5.10 Å². The molecule has 0 saturated carbocycles. The summed E-state index contributed by atoms with van der Waals surface area (Å²) in [5, 5.41) is 7.38. The SMILES string of the molecule is O=C(CC1CCc2ccccc21)Nc1ccn(Cc2ccccc2)n1. The van der Waals surface area contributed by atoms with Gasteiger partial charge in [-0.1, -0.05) is 54.6 Å². The molecule has 0 spiro atoms. The van der Waals surface area contributed by atoms with Gasteiger partial charge in [0.25, 0.3) is 0 Å². The zero-order chi connectivity index (χ0) is 17.1. The number of nitrogens with zero attached hydrogens (tertiary/aromatic N) is 2. The second-order valence-corrected chi connectivity index (χ2v) is 6.57. The molecule has 3 aromatic rings. The Kier molecular flexibility index (Phi) is 4.34. The fourth-order valence-corrected chi connectivity index (χ4v) is 3.56. The van der Waals surface area contributed by atoms with E-state index in [-0.39, 0.29) is 5.91 Å². The molecular weight excluding hydrogens is 310 g/mol. The molecule has 4 nitrogen and oxygen atoms in total. The van der Waals surface area contributed by atoms with Crippen molar-refractivity contribution in [3.8, 4) is 0 Å². The summed E-state index contributed by atoms with van der Waals surface area (Å²) < 4.78 is 1.84. The summed E-state index contributed by atoms with van der Waals surface area (Å²) in [5.74, 6) is 0.974. The first kappa shape index (κ1) is 15.6. The van der Waals surface area contributed by atoms with Gasteiger partial charge in [0.05, 0.1) is 6.54 Å². The molecule has 4 heteroatoms. The lowest BCUT2D eigenvalue weighted by molar-refractivity contribution is -0.116. The summed E-state index contributed by atoms with van der Waals surface area (Å²) in [6.45, 7) is 0.701. The van der Waals surface area contributed by atoms with Gasteiger partial charge in [-0.25, -0.2) is 0 Å². The van der Waals surface area contributed by atoms with Crippen molar-refractivity contribution in [2.45, 2.75) is 31.7 Å². The van der Waals surface area contributed by atoms with Crippen molar-refractivity contribution in [2.75, 3.05) is 5.32 Å². The molecule has 1 heterocycles. The van der Waals surface area contributed by atoms with Crippen LogP contribution in [0.4, 0.5) is 5.82 Å². The number of hydrogen-bond acceptors (Lipinski definition) is 2. The number of fused-ring (bicyclic) bond motifs is 1. The van der Waals surface area contributed by atoms with Crippen molar-refractivity contribution >= 4 is 11.7 Å². The summed E-state index contributed by atoms with van der Waals surface area (Å²) in [4.78, 5) is 12.4. The Labute approximate surface area is 147 Å². The van der Waals surface area contributed by atoms with Gasteiger partial charge < -0.3 is 5.32 Å². The van der Waals surface area contributed by atoms with E-state index in [4.69, 9.17) is 0 Å². The van der Waals surface area contributed by atoms with Crippen LogP contribution in [0.1, 0.15) is 35.4 Å². The molecule has 2 aromatic carbocycles. The van der Waals surface area contributed by atoms with Gasteiger partial charge in [-0.15, -0.1) is 0 Å². The highest BCUT2D eigenvalue weighted by Gasteiger charge is 2.24. The van der Waals surface area contributed by atoms with E-state index < -0.39 is 0 Å². The Morgan fingerprint density at radius 3 is 2.76 bits per heavy atom. The smallest absolute Gasteiger partial charge is 0.226 e. The number of nitrogens with one attached hydrogen (secondary N) is 1. The number of aromatic nitrogens is 2. The maximum Gasteiger partial charge on any atom is 0.226 e. The fraction of sp³-hybridized carbons (Fsp3) is 0.238. The lowest BCUT2D eigenvalue weighted by Crippen LogP contribution is -2.15. The van der Waals surface area contributed by atoms with Gasteiger partial charge in [-0.05, 0) is 35.4 Å². The van der Waals surface area contributed by atoms with Gasteiger partial charge in [0.1, 0.15) is 0 Å². The first-order valence-electron chi connectivity index (χ1n) is 8.73. The van der Waals surface area contributed by atoms with Crippen LogP contribution in [0.5, 0.6) is 0 Å². The van der Waals surface area contributed by atoms with Gasteiger partial charge in [0.2, 0.25) is 5.91 Å². The van der Waals surface area contributed by atoms with Crippen LogP contribution < -0.4 is 5.32 Å². The molecule has 1 unspecified atom stereocenters. The summed E-state index contributed by atoms with van der Waals surface area (Å²) in [7, 11) is 0. The van der Waals surface area contributed by atoms with Crippen molar-refractivity contribution in [1.29, 1.82) is 0 Å². The molecule has 0 radical (unpaired) electrons. The van der Waals surface area contributed by atoms with Crippen molar-refractivity contribution < 1.29 is 4.79 Å². The molecule has 1 aliphatic rings. The molecule has 1 amide bonds. The van der Waals surface area contributed by atoms with E-state index in [1.807, 2.05) is 35.1 Å². The Morgan fingerprint density at radius 1 is 1.08 bits per heavy atom. The maximum absolute atomic E-state index is 12.4. The van der Waals surface area contributed by atoms with Crippen LogP contribution in [0, 0.1) is 0 Å². The third kappa shape index (κ3) is 3.63. The van der Waals surface area contributed by atoms with Crippen molar-refractivity contribution in [2.24, 2.45) is 0 Å². The highest BCUT2D eigenvalue weighted by molar-refractivity contribution is 5.90. The quantitative estimate of drug-likeness (QED) is 0.768. The Bertz CT molecular complexity index is 870. The van der Waals surface area contributed by atoms with E-state index in [2.05, 4.69) is 46.8 Å². The normalized spacial score (nSPS) is 15.8. The van der Waals surface area contributed by atoms with Crippen molar-refractivity contribution in [3.63, 3.8) is 0 Å². The minimum absolute atomic E-state index is 0.0339. The lowest BCUT2D eigenvalue weighted by Gasteiger charge is -2.10. The maximum atomic E-state index is 12.4. The molecule has 0 aliphatic heterocycles. The Hall–Kier alpha value is -2.88. The van der Waals surface area contributed by atoms with Crippen LogP contribution in [-0.2, 0) is 17.8 Å². The molecule has 0 fully saturated rings. The third-order valence-electron chi connectivity index (χ3n) is 4.78. The van der Waals surface area contributed by atoms with E-state index >= 15 is 0 Å².